The van der Waals surface area contributed by atoms with E-state index in [2.05, 4.69) is 5.32 Å². The van der Waals surface area contributed by atoms with E-state index in [1.807, 2.05) is 18.2 Å². The van der Waals surface area contributed by atoms with Crippen molar-refractivity contribution >= 4 is 29.1 Å². The van der Waals surface area contributed by atoms with Crippen molar-refractivity contribution < 1.29 is 14.4 Å². The number of allylic oxidation sites excluding steroid dienone is 2. The highest BCUT2D eigenvalue weighted by Crippen LogP contribution is 2.38. The lowest BCUT2D eigenvalue weighted by molar-refractivity contribution is -0.122. The molecule has 2 aromatic carbocycles. The molecule has 1 saturated heterocycles. The number of rotatable bonds is 3. The normalized spacial score (nSPS) is 21.6. The zero-order valence-corrected chi connectivity index (χ0v) is 14.1. The maximum Gasteiger partial charge on any atom is 0.255 e. The molecule has 3 amide bonds. The zero-order valence-electron chi connectivity index (χ0n) is 14.1. The van der Waals surface area contributed by atoms with Crippen molar-refractivity contribution in [3.8, 4) is 0 Å². The lowest BCUT2D eigenvalue weighted by Crippen LogP contribution is -2.30. The van der Waals surface area contributed by atoms with Gasteiger partial charge in [0, 0.05) is 11.3 Å². The highest BCUT2D eigenvalue weighted by atomic mass is 16.2. The van der Waals surface area contributed by atoms with E-state index in [0.717, 1.165) is 0 Å². The average molecular weight is 346 g/mol. The molecule has 2 aromatic rings. The maximum absolute atomic E-state index is 12.7. The minimum absolute atomic E-state index is 0.157. The van der Waals surface area contributed by atoms with Gasteiger partial charge in [-0.25, -0.2) is 4.90 Å². The number of carbonyl (C=O) groups is 3. The Morgan fingerprint density at radius 2 is 1.54 bits per heavy atom. The van der Waals surface area contributed by atoms with Crippen LogP contribution in [0.1, 0.15) is 23.2 Å². The van der Waals surface area contributed by atoms with Crippen LogP contribution >= 0.6 is 0 Å². The summed E-state index contributed by atoms with van der Waals surface area (Å²) in [4.78, 5) is 39.0. The summed E-state index contributed by atoms with van der Waals surface area (Å²) in [7, 11) is 0. The van der Waals surface area contributed by atoms with Gasteiger partial charge in [-0.15, -0.1) is 0 Å². The molecule has 26 heavy (non-hydrogen) atoms. The largest absolute Gasteiger partial charge is 0.322 e. The Bertz CT molecular complexity index is 878. The van der Waals surface area contributed by atoms with Crippen LogP contribution in [-0.2, 0) is 9.59 Å². The summed E-state index contributed by atoms with van der Waals surface area (Å²) in [6.45, 7) is 0. The molecule has 0 saturated carbocycles. The second-order valence-electron chi connectivity index (χ2n) is 6.54. The molecule has 1 N–H and O–H groups in total. The average Bonchev–Trinajstić information content (AvgIpc) is 2.94. The van der Waals surface area contributed by atoms with Crippen LogP contribution in [0.4, 0.5) is 11.4 Å². The molecule has 1 fully saturated rings. The number of amides is 3. The first-order valence-corrected chi connectivity index (χ1v) is 8.64. The maximum atomic E-state index is 12.7. The molecule has 2 atom stereocenters. The number of benzene rings is 2. The van der Waals surface area contributed by atoms with E-state index in [9.17, 15) is 14.4 Å². The number of fused-ring (bicyclic) bond motifs is 1. The number of hydrogen-bond donors (Lipinski definition) is 1. The van der Waals surface area contributed by atoms with Crippen molar-refractivity contribution in [3.63, 3.8) is 0 Å². The zero-order chi connectivity index (χ0) is 18.1. The first kappa shape index (κ1) is 16.3. The Labute approximate surface area is 151 Å². The van der Waals surface area contributed by atoms with Gasteiger partial charge in [0.2, 0.25) is 11.8 Å². The molecule has 5 heteroatoms. The van der Waals surface area contributed by atoms with Crippen LogP contribution in [0.15, 0.2) is 66.7 Å². The summed E-state index contributed by atoms with van der Waals surface area (Å²) in [6.07, 6.45) is 5.14. The molecule has 0 spiro atoms. The number of anilines is 2. The number of nitrogens with one attached hydrogen (secondary N) is 1. The van der Waals surface area contributed by atoms with Crippen molar-refractivity contribution in [2.24, 2.45) is 11.8 Å². The monoisotopic (exact) mass is 346 g/mol. The van der Waals surface area contributed by atoms with Gasteiger partial charge < -0.3 is 5.32 Å². The van der Waals surface area contributed by atoms with Gasteiger partial charge in [-0.05, 0) is 43.2 Å². The molecular formula is C21H18N2O3. The van der Waals surface area contributed by atoms with E-state index in [1.54, 1.807) is 48.5 Å². The third-order valence-electron chi connectivity index (χ3n) is 4.91. The summed E-state index contributed by atoms with van der Waals surface area (Å²) in [5.74, 6) is -1.09. The molecule has 5 nitrogen and oxygen atoms in total. The summed E-state index contributed by atoms with van der Waals surface area (Å²) in [5.41, 5.74) is 1.59. The van der Waals surface area contributed by atoms with Crippen LogP contribution < -0.4 is 10.2 Å². The van der Waals surface area contributed by atoms with Crippen LogP contribution in [0.3, 0.4) is 0 Å². The fourth-order valence-corrected chi connectivity index (χ4v) is 3.57. The first-order chi connectivity index (χ1) is 12.6. The Kier molecular flexibility index (Phi) is 4.13. The van der Waals surface area contributed by atoms with Gasteiger partial charge in [-0.2, -0.15) is 0 Å². The molecule has 0 radical (unpaired) electrons. The lowest BCUT2D eigenvalue weighted by Gasteiger charge is -2.16. The Balaban J connectivity index is 1.57. The van der Waals surface area contributed by atoms with Crippen LogP contribution in [-0.4, -0.2) is 17.7 Å². The fraction of sp³-hybridized carbons (Fsp3) is 0.190. The van der Waals surface area contributed by atoms with Gasteiger partial charge in [0.05, 0.1) is 17.5 Å². The number of nitrogens with zero attached hydrogens (tertiary/aromatic N) is 1. The van der Waals surface area contributed by atoms with Crippen molar-refractivity contribution in [2.75, 3.05) is 10.2 Å². The third-order valence-corrected chi connectivity index (χ3v) is 4.91. The quantitative estimate of drug-likeness (QED) is 0.684. The van der Waals surface area contributed by atoms with Gasteiger partial charge >= 0.3 is 0 Å². The smallest absolute Gasteiger partial charge is 0.255 e. The SMILES string of the molecule is O=C(Nc1cccc(N2C(=O)[C@H]3CC=CC[C@@H]3C2=O)c1)c1ccccc1. The molecule has 1 heterocycles. The summed E-state index contributed by atoms with van der Waals surface area (Å²) in [5, 5.41) is 2.81. The number of imide groups is 1. The van der Waals surface area contributed by atoms with Crippen LogP contribution in [0.2, 0.25) is 0 Å². The minimum atomic E-state index is -0.268. The van der Waals surface area contributed by atoms with E-state index >= 15 is 0 Å². The van der Waals surface area contributed by atoms with Crippen LogP contribution in [0, 0.1) is 11.8 Å². The Morgan fingerprint density at radius 3 is 2.19 bits per heavy atom. The topological polar surface area (TPSA) is 66.5 Å². The highest BCUT2D eigenvalue weighted by molar-refractivity contribution is 6.22. The van der Waals surface area contributed by atoms with Crippen molar-refractivity contribution in [3.05, 3.63) is 72.3 Å². The van der Waals surface area contributed by atoms with E-state index in [0.29, 0.717) is 29.8 Å². The van der Waals surface area contributed by atoms with E-state index < -0.39 is 0 Å². The second kappa shape index (κ2) is 6.59. The highest BCUT2D eigenvalue weighted by Gasteiger charge is 2.47. The minimum Gasteiger partial charge on any atom is -0.322 e. The van der Waals surface area contributed by atoms with Crippen molar-refractivity contribution in [2.45, 2.75) is 12.8 Å². The molecule has 0 bridgehead atoms. The molecule has 1 aliphatic heterocycles. The second-order valence-corrected chi connectivity index (χ2v) is 6.54. The molecule has 4 rings (SSSR count). The van der Waals surface area contributed by atoms with Gasteiger partial charge in [0.15, 0.2) is 0 Å². The lowest BCUT2D eigenvalue weighted by atomic mass is 9.85. The molecule has 0 aromatic heterocycles. The van der Waals surface area contributed by atoms with Gasteiger partial charge in [0.25, 0.3) is 5.91 Å². The van der Waals surface area contributed by atoms with E-state index in [4.69, 9.17) is 0 Å². The Morgan fingerprint density at radius 1 is 0.885 bits per heavy atom. The van der Waals surface area contributed by atoms with Gasteiger partial charge in [-0.3, -0.25) is 14.4 Å². The van der Waals surface area contributed by atoms with Gasteiger partial charge in [0.1, 0.15) is 0 Å². The predicted octanol–water partition coefficient (Wildman–Crippen LogP) is 3.39. The molecule has 2 aliphatic rings. The summed E-state index contributed by atoms with van der Waals surface area (Å²) in [6, 6.07) is 15.7. The molecular weight excluding hydrogens is 328 g/mol. The van der Waals surface area contributed by atoms with Crippen LogP contribution in [0.5, 0.6) is 0 Å². The number of hydrogen-bond acceptors (Lipinski definition) is 3. The van der Waals surface area contributed by atoms with Crippen LogP contribution in [0.25, 0.3) is 0 Å². The third kappa shape index (κ3) is 2.81. The van der Waals surface area contributed by atoms with E-state index in [1.165, 1.54) is 4.90 Å². The standard InChI is InChI=1S/C21H18N2O3/c24-19(14-7-2-1-3-8-14)22-15-9-6-10-16(13-15)23-20(25)17-11-4-5-12-18(17)21(23)26/h1-10,13,17-18H,11-12H2,(H,22,24)/t17-,18-/m0/s1. The summed E-state index contributed by atoms with van der Waals surface area (Å²) < 4.78 is 0. The molecule has 1 aliphatic carbocycles. The Hall–Kier alpha value is -3.21. The molecule has 0 unspecified atom stereocenters. The first-order valence-electron chi connectivity index (χ1n) is 8.64. The summed E-state index contributed by atoms with van der Waals surface area (Å²) >= 11 is 0. The van der Waals surface area contributed by atoms with E-state index in [-0.39, 0.29) is 29.6 Å². The van der Waals surface area contributed by atoms with Gasteiger partial charge in [-0.1, -0.05) is 36.4 Å². The predicted molar refractivity (Wildman–Crippen MR) is 98.7 cm³/mol. The van der Waals surface area contributed by atoms with Crippen molar-refractivity contribution in [1.82, 2.24) is 0 Å². The van der Waals surface area contributed by atoms with Crippen molar-refractivity contribution in [1.29, 1.82) is 0 Å². The molecule has 130 valence electrons. The number of carbonyl (C=O) groups excluding carboxylic acids is 3. The fourth-order valence-electron chi connectivity index (χ4n) is 3.57.